The molecule has 0 aliphatic heterocycles. The van der Waals surface area contributed by atoms with Crippen LogP contribution in [-0.4, -0.2) is 23.5 Å². The highest BCUT2D eigenvalue weighted by atomic mass is 16.4. The van der Waals surface area contributed by atoms with Crippen LogP contribution in [0.5, 0.6) is 0 Å². The molecule has 0 heterocycles. The Balaban J connectivity index is 2.21. The number of rotatable bonds is 6. The van der Waals surface area contributed by atoms with Gasteiger partial charge in [-0.2, -0.15) is 0 Å². The SMILES string of the molecule is CCC(CNC(=O)c1ccc(C)cc1)(C(=O)O)c1ccccc1. The summed E-state index contributed by atoms with van der Waals surface area (Å²) in [6.07, 6.45) is 0.389. The number of benzene rings is 2. The molecule has 2 rings (SSSR count). The summed E-state index contributed by atoms with van der Waals surface area (Å²) in [7, 11) is 0. The van der Waals surface area contributed by atoms with E-state index in [2.05, 4.69) is 5.32 Å². The van der Waals surface area contributed by atoms with E-state index in [9.17, 15) is 14.7 Å². The maximum absolute atomic E-state index is 12.3. The first-order valence-electron chi connectivity index (χ1n) is 7.63. The van der Waals surface area contributed by atoms with Gasteiger partial charge in [0.25, 0.3) is 5.91 Å². The van der Waals surface area contributed by atoms with Crippen LogP contribution in [-0.2, 0) is 10.2 Å². The minimum absolute atomic E-state index is 0.0511. The number of nitrogens with one attached hydrogen (secondary N) is 1. The fraction of sp³-hybridized carbons (Fsp3) is 0.263. The number of hydrogen-bond acceptors (Lipinski definition) is 2. The van der Waals surface area contributed by atoms with Gasteiger partial charge in [-0.25, -0.2) is 0 Å². The maximum Gasteiger partial charge on any atom is 0.315 e. The summed E-state index contributed by atoms with van der Waals surface area (Å²) in [5.41, 5.74) is 1.17. The fourth-order valence-corrected chi connectivity index (χ4v) is 2.58. The van der Waals surface area contributed by atoms with Crippen molar-refractivity contribution in [3.8, 4) is 0 Å². The summed E-state index contributed by atoms with van der Waals surface area (Å²) in [6, 6.07) is 16.2. The smallest absolute Gasteiger partial charge is 0.315 e. The second-order valence-electron chi connectivity index (χ2n) is 5.66. The third-order valence-corrected chi connectivity index (χ3v) is 4.20. The monoisotopic (exact) mass is 311 g/mol. The van der Waals surface area contributed by atoms with Crippen LogP contribution in [0.4, 0.5) is 0 Å². The number of hydrogen-bond donors (Lipinski definition) is 2. The average molecular weight is 311 g/mol. The number of carbonyl (C=O) groups excluding carboxylic acids is 1. The molecule has 0 saturated carbocycles. The lowest BCUT2D eigenvalue weighted by atomic mass is 9.78. The normalized spacial score (nSPS) is 13.1. The summed E-state index contributed by atoms with van der Waals surface area (Å²) < 4.78 is 0. The molecule has 0 radical (unpaired) electrons. The van der Waals surface area contributed by atoms with Gasteiger partial charge in [-0.1, -0.05) is 55.0 Å². The zero-order valence-corrected chi connectivity index (χ0v) is 13.4. The van der Waals surface area contributed by atoms with Gasteiger partial charge in [0, 0.05) is 12.1 Å². The first-order valence-corrected chi connectivity index (χ1v) is 7.63. The Hall–Kier alpha value is -2.62. The van der Waals surface area contributed by atoms with Crippen molar-refractivity contribution in [1.82, 2.24) is 5.32 Å². The number of carboxylic acids is 1. The van der Waals surface area contributed by atoms with E-state index >= 15 is 0 Å². The van der Waals surface area contributed by atoms with E-state index in [4.69, 9.17) is 0 Å². The molecule has 1 unspecified atom stereocenters. The highest BCUT2D eigenvalue weighted by Gasteiger charge is 2.39. The largest absolute Gasteiger partial charge is 0.481 e. The topological polar surface area (TPSA) is 66.4 Å². The van der Waals surface area contributed by atoms with Crippen LogP contribution < -0.4 is 5.32 Å². The lowest BCUT2D eigenvalue weighted by Gasteiger charge is -2.29. The minimum Gasteiger partial charge on any atom is -0.481 e. The summed E-state index contributed by atoms with van der Waals surface area (Å²) in [5.74, 6) is -1.20. The lowest BCUT2D eigenvalue weighted by Crippen LogP contribution is -2.46. The average Bonchev–Trinajstić information content (AvgIpc) is 2.57. The Labute approximate surface area is 136 Å². The molecule has 0 aliphatic rings. The Kier molecular flexibility index (Phi) is 5.16. The first kappa shape index (κ1) is 16.7. The Morgan fingerprint density at radius 3 is 2.17 bits per heavy atom. The number of carbonyl (C=O) groups is 2. The predicted molar refractivity (Wildman–Crippen MR) is 89.6 cm³/mol. The third kappa shape index (κ3) is 3.59. The van der Waals surface area contributed by atoms with E-state index in [1.807, 2.05) is 44.2 Å². The molecule has 0 fully saturated rings. The molecule has 2 aromatic carbocycles. The molecule has 0 aromatic heterocycles. The van der Waals surface area contributed by atoms with Crippen LogP contribution in [0, 0.1) is 6.92 Å². The van der Waals surface area contributed by atoms with E-state index < -0.39 is 11.4 Å². The van der Waals surface area contributed by atoms with Crippen molar-refractivity contribution >= 4 is 11.9 Å². The number of aliphatic carboxylic acids is 1. The van der Waals surface area contributed by atoms with E-state index in [1.54, 1.807) is 24.3 Å². The molecule has 120 valence electrons. The Morgan fingerprint density at radius 2 is 1.65 bits per heavy atom. The molecule has 4 heteroatoms. The van der Waals surface area contributed by atoms with Gasteiger partial charge >= 0.3 is 5.97 Å². The minimum atomic E-state index is -1.12. The third-order valence-electron chi connectivity index (χ3n) is 4.20. The predicted octanol–water partition coefficient (Wildman–Crippen LogP) is 3.16. The zero-order valence-electron chi connectivity index (χ0n) is 13.4. The van der Waals surface area contributed by atoms with Crippen molar-refractivity contribution in [3.63, 3.8) is 0 Å². The van der Waals surface area contributed by atoms with Crippen molar-refractivity contribution in [2.75, 3.05) is 6.54 Å². The van der Waals surface area contributed by atoms with Crippen LogP contribution in [0.15, 0.2) is 54.6 Å². The van der Waals surface area contributed by atoms with Crippen LogP contribution in [0.3, 0.4) is 0 Å². The van der Waals surface area contributed by atoms with Crippen LogP contribution >= 0.6 is 0 Å². The maximum atomic E-state index is 12.3. The van der Waals surface area contributed by atoms with E-state index in [0.29, 0.717) is 17.5 Å². The van der Waals surface area contributed by atoms with Gasteiger partial charge in [-0.15, -0.1) is 0 Å². The fourth-order valence-electron chi connectivity index (χ4n) is 2.58. The molecule has 4 nitrogen and oxygen atoms in total. The van der Waals surface area contributed by atoms with Crippen LogP contribution in [0.2, 0.25) is 0 Å². The Bertz CT molecular complexity index is 680. The molecule has 2 aromatic rings. The zero-order chi connectivity index (χ0) is 16.9. The van der Waals surface area contributed by atoms with Gasteiger partial charge in [0.15, 0.2) is 0 Å². The van der Waals surface area contributed by atoms with Gasteiger partial charge in [-0.05, 0) is 31.0 Å². The van der Waals surface area contributed by atoms with Crippen molar-refractivity contribution in [2.24, 2.45) is 0 Å². The number of carboxylic acid groups (broad SMARTS) is 1. The van der Waals surface area contributed by atoms with E-state index in [-0.39, 0.29) is 12.5 Å². The van der Waals surface area contributed by atoms with Crippen molar-refractivity contribution < 1.29 is 14.7 Å². The highest BCUT2D eigenvalue weighted by Crippen LogP contribution is 2.28. The van der Waals surface area contributed by atoms with Crippen LogP contribution in [0.25, 0.3) is 0 Å². The number of aryl methyl sites for hydroxylation is 1. The second-order valence-corrected chi connectivity index (χ2v) is 5.66. The molecule has 0 saturated heterocycles. The van der Waals surface area contributed by atoms with E-state index in [0.717, 1.165) is 5.56 Å². The van der Waals surface area contributed by atoms with Crippen molar-refractivity contribution in [3.05, 3.63) is 71.3 Å². The highest BCUT2D eigenvalue weighted by molar-refractivity contribution is 5.95. The molecule has 0 spiro atoms. The van der Waals surface area contributed by atoms with Gasteiger partial charge in [-0.3, -0.25) is 9.59 Å². The molecule has 23 heavy (non-hydrogen) atoms. The second kappa shape index (κ2) is 7.09. The molecular weight excluding hydrogens is 290 g/mol. The number of amides is 1. The van der Waals surface area contributed by atoms with Gasteiger partial charge in [0.05, 0.1) is 0 Å². The molecular formula is C19H21NO3. The Morgan fingerprint density at radius 1 is 1.04 bits per heavy atom. The summed E-state index contributed by atoms with van der Waals surface area (Å²) >= 11 is 0. The molecule has 1 atom stereocenters. The summed E-state index contributed by atoms with van der Waals surface area (Å²) in [5, 5.41) is 12.5. The van der Waals surface area contributed by atoms with Crippen LogP contribution in [0.1, 0.15) is 34.8 Å². The molecule has 0 bridgehead atoms. The standard InChI is InChI=1S/C19H21NO3/c1-3-19(18(22)23,16-7-5-4-6-8-16)13-20-17(21)15-11-9-14(2)10-12-15/h4-12H,3,13H2,1-2H3,(H,20,21)(H,22,23). The first-order chi connectivity index (χ1) is 11.0. The molecule has 2 N–H and O–H groups in total. The quantitative estimate of drug-likeness (QED) is 0.861. The van der Waals surface area contributed by atoms with Crippen molar-refractivity contribution in [2.45, 2.75) is 25.7 Å². The lowest BCUT2D eigenvalue weighted by molar-refractivity contribution is -0.143. The molecule has 0 aliphatic carbocycles. The van der Waals surface area contributed by atoms with Gasteiger partial charge in [0.2, 0.25) is 0 Å². The van der Waals surface area contributed by atoms with E-state index in [1.165, 1.54) is 0 Å². The van der Waals surface area contributed by atoms with Crippen molar-refractivity contribution in [1.29, 1.82) is 0 Å². The molecule has 1 amide bonds. The summed E-state index contributed by atoms with van der Waals surface area (Å²) in [6.45, 7) is 3.82. The summed E-state index contributed by atoms with van der Waals surface area (Å²) in [4.78, 5) is 24.2. The van der Waals surface area contributed by atoms with Gasteiger partial charge < -0.3 is 10.4 Å². The van der Waals surface area contributed by atoms with Gasteiger partial charge in [0.1, 0.15) is 5.41 Å².